The SMILES string of the molecule is CC1CN=C(N2CCN(Cc3cccc(Br)n3)CC2)S1. The Labute approximate surface area is 132 Å². The van der Waals surface area contributed by atoms with Crippen molar-refractivity contribution in [2.75, 3.05) is 32.7 Å². The summed E-state index contributed by atoms with van der Waals surface area (Å²) in [5, 5.41) is 1.90. The summed E-state index contributed by atoms with van der Waals surface area (Å²) in [6.07, 6.45) is 0. The number of rotatable bonds is 2. The van der Waals surface area contributed by atoms with E-state index in [1.807, 2.05) is 23.9 Å². The number of halogens is 1. The fourth-order valence-electron chi connectivity index (χ4n) is 2.50. The zero-order valence-electron chi connectivity index (χ0n) is 11.6. The fourth-order valence-corrected chi connectivity index (χ4v) is 3.87. The second-order valence-corrected chi connectivity index (χ2v) is 7.48. The van der Waals surface area contributed by atoms with E-state index in [1.54, 1.807) is 0 Å². The van der Waals surface area contributed by atoms with Gasteiger partial charge in [-0.15, -0.1) is 0 Å². The van der Waals surface area contributed by atoms with Crippen molar-refractivity contribution < 1.29 is 0 Å². The van der Waals surface area contributed by atoms with E-state index in [0.29, 0.717) is 5.25 Å². The number of hydrogen-bond acceptors (Lipinski definition) is 5. The van der Waals surface area contributed by atoms with Crippen LogP contribution < -0.4 is 0 Å². The molecule has 3 rings (SSSR count). The number of pyridine rings is 1. The lowest BCUT2D eigenvalue weighted by atomic mass is 10.3. The Kier molecular flexibility index (Phi) is 4.63. The number of aromatic nitrogens is 1. The highest BCUT2D eigenvalue weighted by Crippen LogP contribution is 2.23. The monoisotopic (exact) mass is 354 g/mol. The van der Waals surface area contributed by atoms with Crippen molar-refractivity contribution in [3.8, 4) is 0 Å². The number of hydrogen-bond donors (Lipinski definition) is 0. The van der Waals surface area contributed by atoms with Crippen molar-refractivity contribution in [3.05, 3.63) is 28.5 Å². The van der Waals surface area contributed by atoms with Crippen LogP contribution in [0.4, 0.5) is 0 Å². The number of aliphatic imine (C=N–C) groups is 1. The Bertz CT molecular complexity index is 500. The van der Waals surface area contributed by atoms with Gasteiger partial charge in [-0.1, -0.05) is 24.8 Å². The molecule has 3 heterocycles. The van der Waals surface area contributed by atoms with Crippen LogP contribution in [0.15, 0.2) is 27.8 Å². The molecule has 108 valence electrons. The third-order valence-corrected chi connectivity index (χ3v) is 5.18. The summed E-state index contributed by atoms with van der Waals surface area (Å²) in [5.74, 6) is 0. The Balaban J connectivity index is 1.51. The standard InChI is InChI=1S/C14H19BrN4S/c1-11-9-16-14(20-11)19-7-5-18(6-8-19)10-12-3-2-4-13(15)17-12/h2-4,11H,5-10H2,1H3. The fraction of sp³-hybridized carbons (Fsp3) is 0.571. The van der Waals surface area contributed by atoms with Gasteiger partial charge in [-0.05, 0) is 28.1 Å². The molecule has 1 aromatic heterocycles. The second kappa shape index (κ2) is 6.45. The van der Waals surface area contributed by atoms with Crippen LogP contribution in [-0.2, 0) is 6.54 Å². The topological polar surface area (TPSA) is 31.7 Å². The Morgan fingerprint density at radius 3 is 2.75 bits per heavy atom. The molecule has 1 aromatic rings. The molecule has 0 aliphatic carbocycles. The highest BCUT2D eigenvalue weighted by molar-refractivity contribution is 9.10. The van der Waals surface area contributed by atoms with Crippen LogP contribution in [0, 0.1) is 0 Å². The van der Waals surface area contributed by atoms with Gasteiger partial charge in [0.2, 0.25) is 0 Å². The molecule has 1 unspecified atom stereocenters. The molecular formula is C14H19BrN4S. The number of thioether (sulfide) groups is 1. The minimum absolute atomic E-state index is 0.647. The van der Waals surface area contributed by atoms with Crippen LogP contribution in [0.5, 0.6) is 0 Å². The average Bonchev–Trinajstić information content (AvgIpc) is 2.86. The van der Waals surface area contributed by atoms with E-state index < -0.39 is 0 Å². The molecule has 20 heavy (non-hydrogen) atoms. The quantitative estimate of drug-likeness (QED) is 0.763. The van der Waals surface area contributed by atoms with Crippen LogP contribution >= 0.6 is 27.7 Å². The zero-order chi connectivity index (χ0) is 13.9. The molecule has 1 fully saturated rings. The lowest BCUT2D eigenvalue weighted by Gasteiger charge is -2.35. The Morgan fingerprint density at radius 2 is 2.10 bits per heavy atom. The van der Waals surface area contributed by atoms with E-state index in [1.165, 1.54) is 5.17 Å². The van der Waals surface area contributed by atoms with E-state index in [2.05, 4.69) is 48.7 Å². The third kappa shape index (κ3) is 3.54. The van der Waals surface area contributed by atoms with Gasteiger partial charge in [0.1, 0.15) is 4.60 Å². The number of piperazine rings is 1. The summed E-state index contributed by atoms with van der Waals surface area (Å²) in [7, 11) is 0. The molecule has 0 spiro atoms. The van der Waals surface area contributed by atoms with Gasteiger partial charge in [-0.25, -0.2) is 4.98 Å². The average molecular weight is 355 g/mol. The highest BCUT2D eigenvalue weighted by atomic mass is 79.9. The summed E-state index contributed by atoms with van der Waals surface area (Å²) < 4.78 is 0.916. The molecule has 0 saturated carbocycles. The first-order valence-electron chi connectivity index (χ1n) is 7.00. The van der Waals surface area contributed by atoms with Gasteiger partial charge in [0.15, 0.2) is 5.17 Å². The van der Waals surface area contributed by atoms with Crippen molar-refractivity contribution in [2.45, 2.75) is 18.7 Å². The van der Waals surface area contributed by atoms with Gasteiger partial charge >= 0.3 is 0 Å². The molecule has 0 radical (unpaired) electrons. The maximum Gasteiger partial charge on any atom is 0.159 e. The lowest BCUT2D eigenvalue weighted by Crippen LogP contribution is -2.47. The van der Waals surface area contributed by atoms with Crippen LogP contribution in [0.25, 0.3) is 0 Å². The first-order valence-corrected chi connectivity index (χ1v) is 8.68. The predicted octanol–water partition coefficient (Wildman–Crippen LogP) is 2.45. The minimum atomic E-state index is 0.647. The van der Waals surface area contributed by atoms with E-state index in [9.17, 15) is 0 Å². The molecule has 0 aromatic carbocycles. The van der Waals surface area contributed by atoms with Crippen LogP contribution in [0.3, 0.4) is 0 Å². The van der Waals surface area contributed by atoms with Crippen LogP contribution in [0.2, 0.25) is 0 Å². The lowest BCUT2D eigenvalue weighted by molar-refractivity contribution is 0.175. The van der Waals surface area contributed by atoms with Crippen LogP contribution in [0.1, 0.15) is 12.6 Å². The molecule has 1 atom stereocenters. The number of nitrogens with zero attached hydrogens (tertiary/aromatic N) is 4. The maximum atomic E-state index is 4.63. The van der Waals surface area contributed by atoms with Gasteiger partial charge in [0.25, 0.3) is 0 Å². The van der Waals surface area contributed by atoms with Gasteiger partial charge < -0.3 is 4.90 Å². The summed E-state index contributed by atoms with van der Waals surface area (Å²) in [6, 6.07) is 6.11. The van der Waals surface area contributed by atoms with E-state index in [4.69, 9.17) is 0 Å². The largest absolute Gasteiger partial charge is 0.349 e. The highest BCUT2D eigenvalue weighted by Gasteiger charge is 2.24. The molecule has 2 aliphatic heterocycles. The zero-order valence-corrected chi connectivity index (χ0v) is 14.0. The van der Waals surface area contributed by atoms with Crippen molar-refractivity contribution >= 4 is 32.9 Å². The second-order valence-electron chi connectivity index (χ2n) is 5.27. The molecule has 0 amide bonds. The number of amidine groups is 1. The van der Waals surface area contributed by atoms with E-state index >= 15 is 0 Å². The van der Waals surface area contributed by atoms with Crippen molar-refractivity contribution in [1.82, 2.24) is 14.8 Å². The molecule has 6 heteroatoms. The predicted molar refractivity (Wildman–Crippen MR) is 88.1 cm³/mol. The summed E-state index contributed by atoms with van der Waals surface area (Å²) >= 11 is 5.35. The van der Waals surface area contributed by atoms with Crippen LogP contribution in [-0.4, -0.2) is 57.9 Å². The summed E-state index contributed by atoms with van der Waals surface area (Å²) in [6.45, 7) is 8.48. The van der Waals surface area contributed by atoms with Gasteiger partial charge in [-0.2, -0.15) is 0 Å². The first kappa shape index (κ1) is 14.4. The van der Waals surface area contributed by atoms with Crippen molar-refractivity contribution in [3.63, 3.8) is 0 Å². The molecule has 1 saturated heterocycles. The van der Waals surface area contributed by atoms with Crippen molar-refractivity contribution in [1.29, 1.82) is 0 Å². The van der Waals surface area contributed by atoms with E-state index in [-0.39, 0.29) is 0 Å². The van der Waals surface area contributed by atoms with Gasteiger partial charge in [0.05, 0.1) is 12.2 Å². The summed E-state index contributed by atoms with van der Waals surface area (Å²) in [5.41, 5.74) is 1.13. The first-order chi connectivity index (χ1) is 9.70. The molecule has 0 N–H and O–H groups in total. The summed E-state index contributed by atoms with van der Waals surface area (Å²) in [4.78, 5) is 14.0. The smallest absolute Gasteiger partial charge is 0.159 e. The third-order valence-electron chi connectivity index (χ3n) is 3.59. The maximum absolute atomic E-state index is 4.63. The van der Waals surface area contributed by atoms with E-state index in [0.717, 1.165) is 49.6 Å². The van der Waals surface area contributed by atoms with Gasteiger partial charge in [-0.3, -0.25) is 9.89 Å². The molecular weight excluding hydrogens is 336 g/mol. The Hall–Kier alpha value is -0.590. The van der Waals surface area contributed by atoms with Crippen molar-refractivity contribution in [2.24, 2.45) is 4.99 Å². The molecule has 2 aliphatic rings. The Morgan fingerprint density at radius 1 is 1.30 bits per heavy atom. The minimum Gasteiger partial charge on any atom is -0.349 e. The molecule has 0 bridgehead atoms. The normalized spacial score (nSPS) is 24.0. The van der Waals surface area contributed by atoms with Gasteiger partial charge in [0, 0.05) is 38.0 Å². The molecule has 4 nitrogen and oxygen atoms in total.